The Morgan fingerprint density at radius 3 is 1.36 bits per heavy atom. The Labute approximate surface area is 231 Å². The van der Waals surface area contributed by atoms with E-state index in [0.29, 0.717) is 19.1 Å². The van der Waals surface area contributed by atoms with Crippen molar-refractivity contribution in [3.05, 3.63) is 24.3 Å². The van der Waals surface area contributed by atoms with Gasteiger partial charge in [-0.05, 0) is 18.8 Å². The summed E-state index contributed by atoms with van der Waals surface area (Å²) in [5.74, 6) is -17.1. The van der Waals surface area contributed by atoms with Gasteiger partial charge in [0.05, 0.1) is 0 Å². The van der Waals surface area contributed by atoms with Crippen LogP contribution in [0.25, 0.3) is 0 Å². The molecule has 0 spiro atoms. The summed E-state index contributed by atoms with van der Waals surface area (Å²) >= 11 is 0. The second kappa shape index (κ2) is 15.2. The minimum Gasteiger partial charge on any atom is -0.478 e. The number of hydrogen-bond acceptors (Lipinski definition) is 6. The number of esters is 2. The summed E-state index contributed by atoms with van der Waals surface area (Å²) in [4.78, 5) is 42.7. The first-order chi connectivity index (χ1) is 18.5. The highest BCUT2D eigenvalue weighted by Gasteiger charge is 2.71. The molecule has 244 valence electrons. The van der Waals surface area contributed by atoms with Gasteiger partial charge in [-0.3, -0.25) is 0 Å². The van der Waals surface area contributed by atoms with E-state index in [-0.39, 0.29) is 12.2 Å². The van der Waals surface area contributed by atoms with Gasteiger partial charge in [0.25, 0.3) is 0 Å². The third-order valence-corrected chi connectivity index (χ3v) is 5.39. The van der Waals surface area contributed by atoms with E-state index in [2.05, 4.69) is 9.47 Å². The van der Waals surface area contributed by atoms with Crippen molar-refractivity contribution in [2.75, 3.05) is 0 Å². The molecule has 2 unspecified atom stereocenters. The lowest BCUT2D eigenvalue weighted by Gasteiger charge is -2.40. The summed E-state index contributed by atoms with van der Waals surface area (Å²) in [6.07, 6.45) is -18.8. The molecule has 2 atom stereocenters. The van der Waals surface area contributed by atoms with Crippen molar-refractivity contribution in [3.63, 3.8) is 0 Å². The van der Waals surface area contributed by atoms with Crippen molar-refractivity contribution in [2.24, 2.45) is 17.8 Å². The van der Waals surface area contributed by atoms with Crippen LogP contribution in [-0.2, 0) is 28.7 Å². The van der Waals surface area contributed by atoms with E-state index in [4.69, 9.17) is 10.2 Å². The van der Waals surface area contributed by atoms with Gasteiger partial charge < -0.3 is 19.7 Å². The minimum atomic E-state index is -5.91. The molecule has 0 aromatic carbocycles. The molecular formula is C23H27F11O8. The Balaban J connectivity index is 0. The van der Waals surface area contributed by atoms with Crippen molar-refractivity contribution in [2.45, 2.75) is 77.2 Å². The lowest BCUT2D eigenvalue weighted by Crippen LogP contribution is -2.60. The second-order valence-electron chi connectivity index (χ2n) is 9.19. The number of alkyl halides is 11. The van der Waals surface area contributed by atoms with Crippen LogP contribution in [0.15, 0.2) is 24.3 Å². The normalized spacial score (nSPS) is 15.4. The van der Waals surface area contributed by atoms with Crippen molar-refractivity contribution in [3.8, 4) is 0 Å². The first kappa shape index (κ1) is 40.7. The maximum Gasteiger partial charge on any atom is 0.457 e. The van der Waals surface area contributed by atoms with Crippen molar-refractivity contribution >= 4 is 23.9 Å². The molecule has 2 N–H and O–H groups in total. The Hall–Kier alpha value is -3.41. The van der Waals surface area contributed by atoms with Crippen LogP contribution < -0.4 is 0 Å². The van der Waals surface area contributed by atoms with Crippen LogP contribution in [0.3, 0.4) is 0 Å². The lowest BCUT2D eigenvalue weighted by atomic mass is 9.85. The molecule has 0 saturated heterocycles. The molecule has 0 aliphatic carbocycles. The van der Waals surface area contributed by atoms with E-state index in [1.807, 2.05) is 0 Å². The van der Waals surface area contributed by atoms with Gasteiger partial charge in [-0.1, -0.05) is 27.7 Å². The van der Waals surface area contributed by atoms with Gasteiger partial charge in [-0.25, -0.2) is 19.2 Å². The summed E-state index contributed by atoms with van der Waals surface area (Å²) < 4.78 is 148. The van der Waals surface area contributed by atoms with E-state index in [1.54, 1.807) is 0 Å². The molecule has 0 heterocycles. The number of ether oxygens (including phenoxy) is 2. The molecule has 19 heteroatoms. The number of carbonyl (C=O) groups excluding carboxylic acids is 2. The van der Waals surface area contributed by atoms with Gasteiger partial charge in [0.2, 0.25) is 0 Å². The molecule has 8 nitrogen and oxygen atoms in total. The number of halogens is 11. The van der Waals surface area contributed by atoms with Crippen LogP contribution in [0.1, 0.15) is 41.0 Å². The largest absolute Gasteiger partial charge is 0.478 e. The van der Waals surface area contributed by atoms with Gasteiger partial charge >= 0.3 is 48.3 Å². The zero-order chi connectivity index (χ0) is 34.1. The Morgan fingerprint density at radius 2 is 1.07 bits per heavy atom. The van der Waals surface area contributed by atoms with Crippen LogP contribution in [-0.4, -0.2) is 70.2 Å². The number of carbonyl (C=O) groups is 4. The average molecular weight is 640 g/mol. The van der Waals surface area contributed by atoms with E-state index in [1.165, 1.54) is 13.8 Å². The van der Waals surface area contributed by atoms with Crippen LogP contribution in [0.5, 0.6) is 0 Å². The molecule has 0 bridgehead atoms. The molecule has 0 amide bonds. The number of carboxylic acid groups (broad SMARTS) is 2. The van der Waals surface area contributed by atoms with Crippen LogP contribution in [0.2, 0.25) is 0 Å². The fraction of sp³-hybridized carbons (Fsp3) is 0.652. The van der Waals surface area contributed by atoms with Gasteiger partial charge in [-0.2, -0.15) is 48.3 Å². The second-order valence-corrected chi connectivity index (χ2v) is 9.19. The van der Waals surface area contributed by atoms with E-state index < -0.39 is 84.2 Å². The third kappa shape index (κ3) is 13.1. The number of carboxylic acids is 2. The monoisotopic (exact) mass is 640 g/mol. The molecule has 0 aromatic rings. The SMILES string of the molecule is CC(C)C(C)(OC(=O)/C=C/C(=O)O)C(F)(F)C(F)(F)F.CC(C)C(CC(C(F)(F)F)C(F)(F)F)OC(=O)/C=C/C(=O)O. The minimum absolute atomic E-state index is 0.259. The number of aliphatic carboxylic acids is 2. The quantitative estimate of drug-likeness (QED) is 0.157. The van der Waals surface area contributed by atoms with Crippen molar-refractivity contribution in [1.82, 2.24) is 0 Å². The van der Waals surface area contributed by atoms with E-state index in [0.717, 1.165) is 13.8 Å². The van der Waals surface area contributed by atoms with Crippen molar-refractivity contribution in [1.29, 1.82) is 0 Å². The van der Waals surface area contributed by atoms with Crippen LogP contribution in [0, 0.1) is 17.8 Å². The Kier molecular flexibility index (Phi) is 14.7. The Morgan fingerprint density at radius 1 is 0.690 bits per heavy atom. The molecule has 0 aromatic heterocycles. The van der Waals surface area contributed by atoms with Gasteiger partial charge in [-0.15, -0.1) is 0 Å². The lowest BCUT2D eigenvalue weighted by molar-refractivity contribution is -0.346. The molecule has 42 heavy (non-hydrogen) atoms. The van der Waals surface area contributed by atoms with Gasteiger partial charge in [0, 0.05) is 30.7 Å². The van der Waals surface area contributed by atoms with Crippen molar-refractivity contribution < 1.29 is 87.2 Å². The maximum absolute atomic E-state index is 13.4. The van der Waals surface area contributed by atoms with Crippen LogP contribution >= 0.6 is 0 Å². The zero-order valence-electron chi connectivity index (χ0n) is 22.3. The Bertz CT molecular complexity index is 982. The zero-order valence-corrected chi connectivity index (χ0v) is 22.3. The molecule has 0 saturated carbocycles. The van der Waals surface area contributed by atoms with Gasteiger partial charge in [0.15, 0.2) is 11.5 Å². The average Bonchev–Trinajstić information content (AvgIpc) is 2.76. The molecule has 0 aliphatic heterocycles. The van der Waals surface area contributed by atoms with E-state index in [9.17, 15) is 67.5 Å². The van der Waals surface area contributed by atoms with E-state index >= 15 is 0 Å². The fourth-order valence-corrected chi connectivity index (χ4v) is 2.68. The summed E-state index contributed by atoms with van der Waals surface area (Å²) in [7, 11) is 0. The fourth-order valence-electron chi connectivity index (χ4n) is 2.68. The topological polar surface area (TPSA) is 127 Å². The number of hydrogen-bond donors (Lipinski definition) is 2. The first-order valence-corrected chi connectivity index (χ1v) is 11.3. The highest BCUT2D eigenvalue weighted by Crippen LogP contribution is 2.48. The predicted molar refractivity (Wildman–Crippen MR) is 119 cm³/mol. The molecule has 0 aliphatic rings. The number of rotatable bonds is 11. The summed E-state index contributed by atoms with van der Waals surface area (Å²) in [6.45, 7) is 5.05. The highest BCUT2D eigenvalue weighted by atomic mass is 19.4. The summed E-state index contributed by atoms with van der Waals surface area (Å²) in [5.41, 5.74) is -3.16. The third-order valence-electron chi connectivity index (χ3n) is 5.39. The first-order valence-electron chi connectivity index (χ1n) is 11.3. The molecular weight excluding hydrogens is 613 g/mol. The van der Waals surface area contributed by atoms with Gasteiger partial charge in [0.1, 0.15) is 6.10 Å². The summed E-state index contributed by atoms with van der Waals surface area (Å²) in [5, 5.41) is 16.5. The van der Waals surface area contributed by atoms with Crippen LogP contribution in [0.4, 0.5) is 48.3 Å². The molecule has 0 rings (SSSR count). The smallest absolute Gasteiger partial charge is 0.457 e. The maximum atomic E-state index is 13.4. The molecule has 0 radical (unpaired) electrons. The standard InChI is InChI=1S/C12H14F6O4.C11H13F5O4/c1-6(2)7(22-10(21)4-3-9(19)20)5-8(11(13,14)15)12(16,17)18;1-6(2)9(3,10(12,13)11(14,15)16)20-8(19)5-4-7(17)18/h3-4,6-8H,5H2,1-2H3,(H,19,20);4-6H,1-3H3,(H,17,18)/b4-3+;5-4+. The molecule has 0 fully saturated rings. The summed E-state index contributed by atoms with van der Waals surface area (Å²) in [6, 6.07) is 0. The highest BCUT2D eigenvalue weighted by molar-refractivity contribution is 5.91. The predicted octanol–water partition coefficient (Wildman–Crippen LogP) is 6.11.